The Morgan fingerprint density at radius 3 is 2.17 bits per heavy atom. The van der Waals surface area contributed by atoms with Crippen molar-refractivity contribution in [1.29, 1.82) is 0 Å². The van der Waals surface area contributed by atoms with E-state index in [1.807, 2.05) is 0 Å². The first kappa shape index (κ1) is 22.1. The third-order valence-corrected chi connectivity index (χ3v) is 6.34. The molecule has 1 aromatic rings. The van der Waals surface area contributed by atoms with Crippen LogP contribution in [-0.4, -0.2) is 45.3 Å². The minimum Gasteiger partial charge on any atom is -0.468 e. The van der Waals surface area contributed by atoms with Crippen LogP contribution in [0.5, 0.6) is 0 Å². The summed E-state index contributed by atoms with van der Waals surface area (Å²) in [6, 6.07) is 6.75. The van der Waals surface area contributed by atoms with Gasteiger partial charge in [0.05, 0.1) is 19.6 Å². The smallest absolute Gasteiger partial charge is 0.389 e. The zero-order valence-electron chi connectivity index (χ0n) is 17.3. The van der Waals surface area contributed by atoms with E-state index < -0.39 is 53.1 Å². The molecular weight excluding hydrogens is 403 g/mol. The molecule has 2 atom stereocenters. The van der Waals surface area contributed by atoms with Crippen molar-refractivity contribution in [2.24, 2.45) is 10.8 Å². The molecule has 9 heteroatoms. The maximum absolute atomic E-state index is 13.5. The fraction of sp³-hybridized carbons (Fsp3) is 0.571. The van der Waals surface area contributed by atoms with Gasteiger partial charge in [-0.05, 0) is 36.3 Å². The van der Waals surface area contributed by atoms with Crippen molar-refractivity contribution in [2.45, 2.75) is 44.2 Å². The number of amides is 1. The number of hydrogen-bond donors (Lipinski definition) is 0. The topological polar surface area (TPSA) is 72.9 Å². The fourth-order valence-electron chi connectivity index (χ4n) is 5.59. The number of esters is 2. The molecular formula is C21H24F3NO5. The summed E-state index contributed by atoms with van der Waals surface area (Å²) in [6.45, 7) is 1.36. The summed E-state index contributed by atoms with van der Waals surface area (Å²) in [4.78, 5) is 40.5. The molecule has 1 aromatic carbocycles. The molecule has 6 nitrogen and oxygen atoms in total. The van der Waals surface area contributed by atoms with Crippen LogP contribution >= 0.6 is 0 Å². The van der Waals surface area contributed by atoms with Crippen molar-refractivity contribution < 1.29 is 37.0 Å². The van der Waals surface area contributed by atoms with E-state index in [-0.39, 0.29) is 12.8 Å². The number of halogens is 3. The molecule has 0 N–H and O–H groups in total. The van der Waals surface area contributed by atoms with E-state index in [4.69, 9.17) is 9.47 Å². The van der Waals surface area contributed by atoms with E-state index in [1.165, 1.54) is 18.9 Å². The first-order valence-electron chi connectivity index (χ1n) is 9.45. The van der Waals surface area contributed by atoms with Crippen molar-refractivity contribution in [3.63, 3.8) is 0 Å². The summed E-state index contributed by atoms with van der Waals surface area (Å²) in [7, 11) is 3.65. The second-order valence-electron chi connectivity index (χ2n) is 8.66. The standard InChI is InChI=1S/C21H24F3NO5/c1-18(11-21(22,23)24)9-19(12-20(10-18,16(27)29-3)17(28)30-4)13-7-5-6-8-14(13)25(2)15(19)26/h5-8H,9-12H2,1-4H3/t18?,19-/m1/s1. The van der Waals surface area contributed by atoms with E-state index in [0.29, 0.717) is 11.3 Å². The summed E-state index contributed by atoms with van der Waals surface area (Å²) >= 11 is 0. The van der Waals surface area contributed by atoms with Gasteiger partial charge in [0.15, 0.2) is 5.41 Å². The van der Waals surface area contributed by atoms with E-state index in [0.717, 1.165) is 14.2 Å². The lowest BCUT2D eigenvalue weighted by Crippen LogP contribution is -2.58. The lowest BCUT2D eigenvalue weighted by Gasteiger charge is -2.50. The molecule has 2 aliphatic rings. The molecule has 3 rings (SSSR count). The third-order valence-electron chi connectivity index (χ3n) is 6.34. The first-order valence-corrected chi connectivity index (χ1v) is 9.45. The molecule has 1 unspecified atom stereocenters. The fourth-order valence-corrected chi connectivity index (χ4v) is 5.59. The Hall–Kier alpha value is -2.58. The van der Waals surface area contributed by atoms with Crippen LogP contribution in [0.4, 0.5) is 18.9 Å². The summed E-state index contributed by atoms with van der Waals surface area (Å²) in [5, 5.41) is 0. The van der Waals surface area contributed by atoms with Gasteiger partial charge in [0.25, 0.3) is 0 Å². The van der Waals surface area contributed by atoms with Gasteiger partial charge < -0.3 is 14.4 Å². The SMILES string of the molecule is COC(=O)C1(C(=O)OC)CC(C)(CC(F)(F)F)C[C@]2(C1)C(=O)N(C)c1ccccc12. The largest absolute Gasteiger partial charge is 0.468 e. The molecule has 30 heavy (non-hydrogen) atoms. The van der Waals surface area contributed by atoms with Gasteiger partial charge in [-0.1, -0.05) is 25.1 Å². The van der Waals surface area contributed by atoms with Gasteiger partial charge in [-0.25, -0.2) is 0 Å². The number of fused-ring (bicyclic) bond motifs is 2. The molecule has 164 valence electrons. The molecule has 0 saturated heterocycles. The van der Waals surface area contributed by atoms with E-state index in [2.05, 4.69) is 0 Å². The number of methoxy groups -OCH3 is 2. The minimum atomic E-state index is -4.56. The predicted octanol–water partition coefficient (Wildman–Crippen LogP) is 3.38. The number of alkyl halides is 3. The normalized spacial score (nSPS) is 27.7. The lowest BCUT2D eigenvalue weighted by atomic mass is 9.51. The van der Waals surface area contributed by atoms with Crippen LogP contribution in [0.3, 0.4) is 0 Å². The molecule has 1 aliphatic heterocycles. The third kappa shape index (κ3) is 3.24. The molecule has 0 radical (unpaired) electrons. The number of anilines is 1. The maximum Gasteiger partial charge on any atom is 0.389 e. The first-order chi connectivity index (χ1) is 13.8. The molecule has 1 saturated carbocycles. The Balaban J connectivity index is 2.28. The van der Waals surface area contributed by atoms with Crippen LogP contribution in [0.25, 0.3) is 0 Å². The molecule has 1 aliphatic carbocycles. The molecule has 1 heterocycles. The summed E-state index contributed by atoms with van der Waals surface area (Å²) in [5.74, 6) is -2.45. The lowest BCUT2D eigenvalue weighted by molar-refractivity contribution is -0.192. The Labute approximate surface area is 172 Å². The predicted molar refractivity (Wildman–Crippen MR) is 101 cm³/mol. The monoisotopic (exact) mass is 427 g/mol. The maximum atomic E-state index is 13.5. The quantitative estimate of drug-likeness (QED) is 0.546. The summed E-state index contributed by atoms with van der Waals surface area (Å²) in [5.41, 5.74) is -4.04. The Kier molecular flexibility index (Phi) is 5.15. The Morgan fingerprint density at radius 2 is 1.63 bits per heavy atom. The van der Waals surface area contributed by atoms with Gasteiger partial charge in [0, 0.05) is 19.2 Å². The number of carbonyl (C=O) groups excluding carboxylic acids is 3. The number of rotatable bonds is 3. The Bertz CT molecular complexity index is 883. The van der Waals surface area contributed by atoms with Gasteiger partial charge in [-0.15, -0.1) is 0 Å². The van der Waals surface area contributed by atoms with Crippen molar-refractivity contribution in [2.75, 3.05) is 26.2 Å². The minimum absolute atomic E-state index is 0.157. The van der Waals surface area contributed by atoms with Crippen molar-refractivity contribution in [3.8, 4) is 0 Å². The van der Waals surface area contributed by atoms with Crippen molar-refractivity contribution in [3.05, 3.63) is 29.8 Å². The van der Waals surface area contributed by atoms with Gasteiger partial charge in [0.1, 0.15) is 0 Å². The van der Waals surface area contributed by atoms with E-state index >= 15 is 0 Å². The highest BCUT2D eigenvalue weighted by Gasteiger charge is 2.67. The van der Waals surface area contributed by atoms with Crippen LogP contribution in [-0.2, 0) is 29.3 Å². The Morgan fingerprint density at radius 1 is 1.07 bits per heavy atom. The summed E-state index contributed by atoms with van der Waals surface area (Å²) < 4.78 is 50.3. The average molecular weight is 427 g/mol. The van der Waals surface area contributed by atoms with Crippen molar-refractivity contribution >= 4 is 23.5 Å². The van der Waals surface area contributed by atoms with Crippen LogP contribution in [0.1, 0.15) is 38.2 Å². The molecule has 0 aromatic heterocycles. The van der Waals surface area contributed by atoms with Gasteiger partial charge >= 0.3 is 18.1 Å². The highest BCUT2D eigenvalue weighted by molar-refractivity contribution is 6.10. The molecule has 1 fully saturated rings. The number of benzene rings is 1. The van der Waals surface area contributed by atoms with Crippen LogP contribution in [0, 0.1) is 10.8 Å². The highest BCUT2D eigenvalue weighted by atomic mass is 19.4. The highest BCUT2D eigenvalue weighted by Crippen LogP contribution is 2.62. The van der Waals surface area contributed by atoms with E-state index in [1.54, 1.807) is 24.3 Å². The number of ether oxygens (including phenoxy) is 2. The van der Waals surface area contributed by atoms with Crippen LogP contribution < -0.4 is 4.90 Å². The van der Waals surface area contributed by atoms with E-state index in [9.17, 15) is 27.6 Å². The number of para-hydroxylation sites is 1. The summed E-state index contributed by atoms with van der Waals surface area (Å²) in [6.07, 6.45) is -6.71. The molecule has 0 bridgehead atoms. The number of nitrogens with zero attached hydrogens (tertiary/aromatic N) is 1. The number of hydrogen-bond acceptors (Lipinski definition) is 5. The number of carbonyl (C=O) groups is 3. The second-order valence-corrected chi connectivity index (χ2v) is 8.66. The zero-order chi connectivity index (χ0) is 22.5. The van der Waals surface area contributed by atoms with Crippen LogP contribution in [0.15, 0.2) is 24.3 Å². The van der Waals surface area contributed by atoms with Crippen LogP contribution in [0.2, 0.25) is 0 Å². The van der Waals surface area contributed by atoms with Crippen molar-refractivity contribution in [1.82, 2.24) is 0 Å². The van der Waals surface area contributed by atoms with Gasteiger partial charge in [-0.3, -0.25) is 14.4 Å². The second kappa shape index (κ2) is 6.99. The zero-order valence-corrected chi connectivity index (χ0v) is 17.3. The molecule has 1 amide bonds. The average Bonchev–Trinajstić information content (AvgIpc) is 2.86. The number of likely N-dealkylation sites (N-methyl/N-ethyl adjacent to an activating group) is 1. The van der Waals surface area contributed by atoms with Gasteiger partial charge in [-0.2, -0.15) is 13.2 Å². The molecule has 1 spiro atoms. The van der Waals surface area contributed by atoms with Gasteiger partial charge in [0.2, 0.25) is 5.91 Å².